The Morgan fingerprint density at radius 1 is 1.24 bits per heavy atom. The molecule has 0 saturated heterocycles. The number of hydrogen-bond donors (Lipinski definition) is 2. The van der Waals surface area contributed by atoms with E-state index >= 15 is 0 Å². The number of carbonyl (C=O) groups is 1. The molecule has 0 aliphatic heterocycles. The normalized spacial score (nSPS) is 9.71. The maximum atomic E-state index is 11.8. The summed E-state index contributed by atoms with van der Waals surface area (Å²) in [6.07, 6.45) is 4.43. The quantitative estimate of drug-likeness (QED) is 0.800. The van der Waals surface area contributed by atoms with E-state index in [-0.39, 0.29) is 11.9 Å². The van der Waals surface area contributed by atoms with Crippen LogP contribution in [0.25, 0.3) is 0 Å². The number of rotatable bonds is 3. The monoisotopic (exact) mass is 230 g/mol. The van der Waals surface area contributed by atoms with Gasteiger partial charge in [0.05, 0.1) is 12.4 Å². The second-order valence-corrected chi connectivity index (χ2v) is 3.10. The van der Waals surface area contributed by atoms with E-state index in [1.165, 1.54) is 12.4 Å². The number of pyridine rings is 1. The average molecular weight is 230 g/mol. The van der Waals surface area contributed by atoms with E-state index in [2.05, 4.69) is 30.8 Å². The first-order valence-electron chi connectivity index (χ1n) is 4.88. The summed E-state index contributed by atoms with van der Waals surface area (Å²) in [4.78, 5) is 19.7. The van der Waals surface area contributed by atoms with Gasteiger partial charge in [-0.3, -0.25) is 10.1 Å². The molecule has 0 bridgehead atoms. The van der Waals surface area contributed by atoms with Crippen molar-refractivity contribution in [2.24, 2.45) is 0 Å². The largest absolute Gasteiger partial charge is 0.373 e. The highest BCUT2D eigenvalue weighted by molar-refractivity contribution is 6.03. The molecule has 7 heteroatoms. The molecule has 0 fully saturated rings. The first-order chi connectivity index (χ1) is 8.29. The molecule has 0 spiro atoms. The molecule has 1 amide bonds. The van der Waals surface area contributed by atoms with E-state index in [4.69, 9.17) is 0 Å². The van der Waals surface area contributed by atoms with Crippen LogP contribution in [0.3, 0.4) is 0 Å². The fraction of sp³-hybridized carbons (Fsp3) is 0.100. The zero-order valence-corrected chi connectivity index (χ0v) is 9.08. The maximum Gasteiger partial charge on any atom is 0.258 e. The third-order valence-corrected chi connectivity index (χ3v) is 1.99. The summed E-state index contributed by atoms with van der Waals surface area (Å²) in [5.41, 5.74) is 0.469. The number of hydrogen-bond acceptors (Lipinski definition) is 6. The van der Waals surface area contributed by atoms with Crippen molar-refractivity contribution in [3.05, 3.63) is 36.3 Å². The molecule has 0 aliphatic rings. The minimum absolute atomic E-state index is 0.167. The Labute approximate surface area is 97.3 Å². The molecule has 2 N–H and O–H groups in total. The first-order valence-corrected chi connectivity index (χ1v) is 4.88. The van der Waals surface area contributed by atoms with Gasteiger partial charge in [0.15, 0.2) is 0 Å². The Balaban J connectivity index is 2.14. The van der Waals surface area contributed by atoms with Crippen LogP contribution in [0.2, 0.25) is 0 Å². The van der Waals surface area contributed by atoms with Crippen LogP contribution >= 0.6 is 0 Å². The van der Waals surface area contributed by atoms with E-state index in [0.717, 1.165) is 0 Å². The minimum Gasteiger partial charge on any atom is -0.373 e. The summed E-state index contributed by atoms with van der Waals surface area (Å²) in [6.45, 7) is 0. The Morgan fingerprint density at radius 2 is 2.12 bits per heavy atom. The summed E-state index contributed by atoms with van der Waals surface area (Å²) >= 11 is 0. The maximum absolute atomic E-state index is 11.8. The number of aromatic nitrogens is 4. The highest BCUT2D eigenvalue weighted by Gasteiger charge is 2.08. The van der Waals surface area contributed by atoms with Gasteiger partial charge in [0.25, 0.3) is 5.91 Å². The lowest BCUT2D eigenvalue weighted by Crippen LogP contribution is -2.14. The Hall–Kier alpha value is -2.57. The number of carbonyl (C=O) groups excluding carboxylic acids is 1. The van der Waals surface area contributed by atoms with Gasteiger partial charge < -0.3 is 5.32 Å². The van der Waals surface area contributed by atoms with Crippen LogP contribution in [-0.4, -0.2) is 33.1 Å². The second-order valence-electron chi connectivity index (χ2n) is 3.10. The third kappa shape index (κ3) is 2.71. The molecule has 2 rings (SSSR count). The van der Waals surface area contributed by atoms with Gasteiger partial charge in [-0.2, -0.15) is 5.10 Å². The summed E-state index contributed by atoms with van der Waals surface area (Å²) < 4.78 is 0. The van der Waals surface area contributed by atoms with Gasteiger partial charge in [-0.1, -0.05) is 0 Å². The lowest BCUT2D eigenvalue weighted by molar-refractivity contribution is 0.102. The smallest absolute Gasteiger partial charge is 0.258 e. The molecule has 0 radical (unpaired) electrons. The van der Waals surface area contributed by atoms with Crippen LogP contribution < -0.4 is 10.6 Å². The lowest BCUT2D eigenvalue weighted by Gasteiger charge is -2.04. The Bertz CT molecular complexity index is 515. The van der Waals surface area contributed by atoms with Crippen molar-refractivity contribution in [3.63, 3.8) is 0 Å². The van der Waals surface area contributed by atoms with Crippen molar-refractivity contribution in [1.29, 1.82) is 0 Å². The molecule has 0 atom stereocenters. The summed E-state index contributed by atoms with van der Waals surface area (Å²) in [6, 6.07) is 3.23. The van der Waals surface area contributed by atoms with Crippen LogP contribution in [0, 0.1) is 0 Å². The molecule has 0 saturated carbocycles. The van der Waals surface area contributed by atoms with Crippen LogP contribution in [0.1, 0.15) is 10.4 Å². The van der Waals surface area contributed by atoms with Gasteiger partial charge >= 0.3 is 0 Å². The van der Waals surface area contributed by atoms with Gasteiger partial charge in [-0.15, -0.1) is 5.10 Å². The fourth-order valence-electron chi connectivity index (χ4n) is 1.19. The van der Waals surface area contributed by atoms with E-state index in [0.29, 0.717) is 11.4 Å². The van der Waals surface area contributed by atoms with Crippen LogP contribution in [-0.2, 0) is 0 Å². The topological polar surface area (TPSA) is 92.7 Å². The zero-order valence-electron chi connectivity index (χ0n) is 9.08. The van der Waals surface area contributed by atoms with Gasteiger partial charge in [-0.25, -0.2) is 9.97 Å². The van der Waals surface area contributed by atoms with Crippen molar-refractivity contribution in [2.75, 3.05) is 17.7 Å². The van der Waals surface area contributed by atoms with Crippen molar-refractivity contribution < 1.29 is 4.79 Å². The van der Waals surface area contributed by atoms with Gasteiger partial charge in [-0.05, 0) is 12.1 Å². The Kier molecular flexibility index (Phi) is 3.20. The van der Waals surface area contributed by atoms with Crippen molar-refractivity contribution in [2.45, 2.75) is 0 Å². The standard InChI is InChI=1S/C10H10N6O/c1-11-8-6-7(2-3-12-8)9(17)15-10-13-4-5-14-16-10/h2-6H,1H3,(H,11,12)(H,13,15,16,17). The Morgan fingerprint density at radius 3 is 2.82 bits per heavy atom. The fourth-order valence-corrected chi connectivity index (χ4v) is 1.19. The van der Waals surface area contributed by atoms with Crippen LogP contribution in [0.4, 0.5) is 11.8 Å². The molecule has 2 heterocycles. The van der Waals surface area contributed by atoms with E-state index in [9.17, 15) is 4.79 Å². The van der Waals surface area contributed by atoms with Crippen molar-refractivity contribution in [3.8, 4) is 0 Å². The highest BCUT2D eigenvalue weighted by atomic mass is 16.1. The first kappa shape index (κ1) is 10.9. The van der Waals surface area contributed by atoms with Gasteiger partial charge in [0.1, 0.15) is 5.82 Å². The zero-order chi connectivity index (χ0) is 12.1. The summed E-state index contributed by atoms with van der Waals surface area (Å²) in [5.74, 6) is 0.474. The van der Waals surface area contributed by atoms with E-state index in [1.807, 2.05) is 0 Å². The average Bonchev–Trinajstić information content (AvgIpc) is 2.40. The SMILES string of the molecule is CNc1cc(C(=O)Nc2nccnn2)ccn1. The van der Waals surface area contributed by atoms with Crippen molar-refractivity contribution in [1.82, 2.24) is 20.2 Å². The minimum atomic E-state index is -0.308. The molecule has 0 unspecified atom stereocenters. The number of nitrogens with one attached hydrogen (secondary N) is 2. The predicted molar refractivity (Wildman–Crippen MR) is 61.6 cm³/mol. The summed E-state index contributed by atoms with van der Waals surface area (Å²) in [7, 11) is 1.73. The van der Waals surface area contributed by atoms with Crippen LogP contribution in [0.15, 0.2) is 30.7 Å². The molecule has 2 aromatic heterocycles. The number of amides is 1. The molecule has 86 valence electrons. The molecule has 2 aromatic rings. The van der Waals surface area contributed by atoms with Crippen LogP contribution in [0.5, 0.6) is 0 Å². The number of nitrogens with zero attached hydrogens (tertiary/aromatic N) is 4. The molecule has 7 nitrogen and oxygen atoms in total. The predicted octanol–water partition coefficient (Wildman–Crippen LogP) is 0.561. The molecule has 17 heavy (non-hydrogen) atoms. The van der Waals surface area contributed by atoms with Gasteiger partial charge in [0, 0.05) is 18.8 Å². The van der Waals surface area contributed by atoms with E-state index < -0.39 is 0 Å². The molecule has 0 aromatic carbocycles. The lowest BCUT2D eigenvalue weighted by atomic mass is 10.2. The summed E-state index contributed by atoms with van der Waals surface area (Å²) in [5, 5.41) is 12.7. The number of anilines is 2. The van der Waals surface area contributed by atoms with Gasteiger partial charge in [0.2, 0.25) is 5.95 Å². The second kappa shape index (κ2) is 4.97. The highest BCUT2D eigenvalue weighted by Crippen LogP contribution is 2.07. The third-order valence-electron chi connectivity index (χ3n) is 1.99. The van der Waals surface area contributed by atoms with E-state index in [1.54, 1.807) is 25.4 Å². The molecule has 0 aliphatic carbocycles. The molecular weight excluding hydrogens is 220 g/mol. The van der Waals surface area contributed by atoms with Crippen molar-refractivity contribution >= 4 is 17.7 Å². The molecular formula is C10H10N6O.